The lowest BCUT2D eigenvalue weighted by Crippen LogP contribution is -2.29. The molecule has 0 bridgehead atoms. The Bertz CT molecular complexity index is 726. The Morgan fingerprint density at radius 2 is 2.15 bits per heavy atom. The van der Waals surface area contributed by atoms with Crippen LogP contribution in [0.15, 0.2) is 48.1 Å². The molecule has 0 spiro atoms. The highest BCUT2D eigenvalue weighted by atomic mass is 35.5. The molecule has 0 aliphatic carbocycles. The Balaban J connectivity index is 1.96. The van der Waals surface area contributed by atoms with Crippen LogP contribution in [0.25, 0.3) is 10.1 Å². The van der Waals surface area contributed by atoms with Crippen molar-refractivity contribution >= 4 is 33.0 Å². The maximum Gasteiger partial charge on any atom is 0.0622 e. The third-order valence-electron chi connectivity index (χ3n) is 3.37. The molecule has 1 unspecified atom stereocenters. The van der Waals surface area contributed by atoms with Crippen molar-refractivity contribution in [3.05, 3.63) is 64.3 Å². The van der Waals surface area contributed by atoms with E-state index in [4.69, 9.17) is 17.4 Å². The van der Waals surface area contributed by atoms with Gasteiger partial charge in [-0.15, -0.1) is 11.3 Å². The van der Waals surface area contributed by atoms with Gasteiger partial charge in [0.2, 0.25) is 0 Å². The zero-order chi connectivity index (χ0) is 13.9. The zero-order valence-corrected chi connectivity index (χ0v) is 12.3. The first-order valence-corrected chi connectivity index (χ1v) is 7.56. The van der Waals surface area contributed by atoms with Gasteiger partial charge in [-0.1, -0.05) is 29.8 Å². The Labute approximate surface area is 126 Å². The zero-order valence-electron chi connectivity index (χ0n) is 10.7. The van der Waals surface area contributed by atoms with Gasteiger partial charge in [0.25, 0.3) is 0 Å². The highest BCUT2D eigenvalue weighted by Crippen LogP contribution is 2.32. The number of rotatable bonds is 4. The highest BCUT2D eigenvalue weighted by molar-refractivity contribution is 7.17. The first-order chi connectivity index (χ1) is 9.79. The van der Waals surface area contributed by atoms with Crippen LogP contribution in [0.4, 0.5) is 0 Å². The largest absolute Gasteiger partial charge is 0.271 e. The number of benzene rings is 1. The Hall–Kier alpha value is -1.46. The number of halogens is 1. The van der Waals surface area contributed by atoms with Gasteiger partial charge >= 0.3 is 0 Å². The lowest BCUT2D eigenvalue weighted by Gasteiger charge is -2.16. The van der Waals surface area contributed by atoms with Crippen molar-refractivity contribution in [2.24, 2.45) is 5.84 Å². The molecule has 102 valence electrons. The van der Waals surface area contributed by atoms with E-state index < -0.39 is 0 Å². The van der Waals surface area contributed by atoms with Crippen LogP contribution in [0, 0.1) is 0 Å². The summed E-state index contributed by atoms with van der Waals surface area (Å²) >= 11 is 7.91. The van der Waals surface area contributed by atoms with Gasteiger partial charge < -0.3 is 0 Å². The number of fused-ring (bicyclic) bond motifs is 1. The second-order valence-electron chi connectivity index (χ2n) is 4.58. The second-order valence-corrected chi connectivity index (χ2v) is 5.90. The number of hydrogen-bond acceptors (Lipinski definition) is 4. The predicted molar refractivity (Wildman–Crippen MR) is 84.8 cm³/mol. The van der Waals surface area contributed by atoms with E-state index in [1.165, 1.54) is 15.6 Å². The molecule has 5 heteroatoms. The van der Waals surface area contributed by atoms with Crippen LogP contribution in [0.1, 0.15) is 17.2 Å². The summed E-state index contributed by atoms with van der Waals surface area (Å²) in [6.07, 6.45) is 4.15. The van der Waals surface area contributed by atoms with E-state index >= 15 is 0 Å². The van der Waals surface area contributed by atoms with E-state index in [-0.39, 0.29) is 6.04 Å². The van der Waals surface area contributed by atoms with Crippen molar-refractivity contribution in [2.45, 2.75) is 12.5 Å². The number of aromatic nitrogens is 1. The molecule has 3 rings (SSSR count). The monoisotopic (exact) mass is 303 g/mol. The summed E-state index contributed by atoms with van der Waals surface area (Å²) < 4.78 is 1.27. The van der Waals surface area contributed by atoms with E-state index in [9.17, 15) is 0 Å². The molecular weight excluding hydrogens is 290 g/mol. The molecular formula is C15H14ClN3S. The second kappa shape index (κ2) is 5.89. The first kappa shape index (κ1) is 13.5. The Morgan fingerprint density at radius 1 is 1.30 bits per heavy atom. The van der Waals surface area contributed by atoms with Gasteiger partial charge in [0, 0.05) is 17.1 Å². The highest BCUT2D eigenvalue weighted by Gasteiger charge is 2.16. The van der Waals surface area contributed by atoms with E-state index in [0.29, 0.717) is 5.02 Å². The Kier molecular flexibility index (Phi) is 3.98. The molecule has 0 radical (unpaired) electrons. The molecule has 2 aromatic heterocycles. The molecule has 0 aliphatic rings. The molecule has 20 heavy (non-hydrogen) atoms. The smallest absolute Gasteiger partial charge is 0.0622 e. The molecule has 3 nitrogen and oxygen atoms in total. The maximum absolute atomic E-state index is 6.18. The summed E-state index contributed by atoms with van der Waals surface area (Å²) in [4.78, 5) is 4.01. The molecule has 3 N–H and O–H groups in total. The van der Waals surface area contributed by atoms with Crippen molar-refractivity contribution in [2.75, 3.05) is 0 Å². The number of hydrazine groups is 1. The maximum atomic E-state index is 6.18. The molecule has 1 atom stereocenters. The van der Waals surface area contributed by atoms with E-state index in [0.717, 1.165) is 12.0 Å². The van der Waals surface area contributed by atoms with Crippen molar-refractivity contribution in [3.63, 3.8) is 0 Å². The summed E-state index contributed by atoms with van der Waals surface area (Å²) in [6.45, 7) is 0. The molecule has 0 aliphatic heterocycles. The van der Waals surface area contributed by atoms with Gasteiger partial charge in [-0.2, -0.15) is 0 Å². The summed E-state index contributed by atoms with van der Waals surface area (Å²) in [5.41, 5.74) is 5.15. The van der Waals surface area contributed by atoms with Gasteiger partial charge in [0.05, 0.1) is 11.1 Å². The Morgan fingerprint density at radius 3 is 2.95 bits per heavy atom. The standard InChI is InChI=1S/C15H14ClN3S/c16-13-8-18-6-5-10(13)7-14(19-17)12-9-20-15-4-2-1-3-11(12)15/h1-6,8-9,14,19H,7,17H2. The number of nitrogens with zero attached hydrogens (tertiary/aromatic N) is 1. The molecule has 3 aromatic rings. The third-order valence-corrected chi connectivity index (χ3v) is 4.69. The molecule has 0 saturated carbocycles. The lowest BCUT2D eigenvalue weighted by molar-refractivity contribution is 0.556. The number of thiophene rings is 1. The minimum Gasteiger partial charge on any atom is -0.271 e. The van der Waals surface area contributed by atoms with Crippen LogP contribution in [0.2, 0.25) is 5.02 Å². The van der Waals surface area contributed by atoms with Crippen molar-refractivity contribution < 1.29 is 0 Å². The van der Waals surface area contributed by atoms with E-state index in [1.807, 2.05) is 18.2 Å². The number of hydrogen-bond donors (Lipinski definition) is 2. The van der Waals surface area contributed by atoms with Crippen LogP contribution < -0.4 is 11.3 Å². The summed E-state index contributed by atoms with van der Waals surface area (Å²) in [5.74, 6) is 5.75. The average molecular weight is 304 g/mol. The quantitative estimate of drug-likeness (QED) is 0.571. The third kappa shape index (κ3) is 2.55. The molecule has 0 fully saturated rings. The lowest BCUT2D eigenvalue weighted by atomic mass is 9.99. The number of nitrogens with one attached hydrogen (secondary N) is 1. The number of pyridine rings is 1. The minimum atomic E-state index is 0.0334. The molecule has 2 heterocycles. The minimum absolute atomic E-state index is 0.0334. The predicted octanol–water partition coefficient (Wildman–Crippen LogP) is 3.70. The van der Waals surface area contributed by atoms with Crippen LogP contribution in [-0.2, 0) is 6.42 Å². The van der Waals surface area contributed by atoms with Crippen LogP contribution in [-0.4, -0.2) is 4.98 Å². The van der Waals surface area contributed by atoms with Crippen molar-refractivity contribution in [1.82, 2.24) is 10.4 Å². The molecule has 0 amide bonds. The fourth-order valence-electron chi connectivity index (χ4n) is 2.32. The summed E-state index contributed by atoms with van der Waals surface area (Å²) in [5, 5.41) is 4.07. The molecule has 0 saturated heterocycles. The fraction of sp³-hybridized carbons (Fsp3) is 0.133. The van der Waals surface area contributed by atoms with Crippen LogP contribution in [0.5, 0.6) is 0 Å². The van der Waals surface area contributed by atoms with Gasteiger partial charge in [0.15, 0.2) is 0 Å². The van der Waals surface area contributed by atoms with Gasteiger partial charge in [-0.05, 0) is 40.4 Å². The van der Waals surface area contributed by atoms with Gasteiger partial charge in [0.1, 0.15) is 0 Å². The topological polar surface area (TPSA) is 50.9 Å². The first-order valence-electron chi connectivity index (χ1n) is 6.30. The van der Waals surface area contributed by atoms with Crippen LogP contribution in [0.3, 0.4) is 0 Å². The fourth-order valence-corrected chi connectivity index (χ4v) is 3.53. The number of nitrogens with two attached hydrogens (primary N) is 1. The van der Waals surface area contributed by atoms with E-state index in [2.05, 4.69) is 27.9 Å². The van der Waals surface area contributed by atoms with Crippen LogP contribution >= 0.6 is 22.9 Å². The van der Waals surface area contributed by atoms with Gasteiger partial charge in [-0.25, -0.2) is 0 Å². The SMILES string of the molecule is NNC(Cc1ccncc1Cl)c1csc2ccccc12. The normalized spacial score (nSPS) is 12.7. The van der Waals surface area contributed by atoms with Crippen molar-refractivity contribution in [1.29, 1.82) is 0 Å². The van der Waals surface area contributed by atoms with E-state index in [1.54, 1.807) is 23.7 Å². The summed E-state index contributed by atoms with van der Waals surface area (Å²) in [7, 11) is 0. The summed E-state index contributed by atoms with van der Waals surface area (Å²) in [6, 6.07) is 10.3. The van der Waals surface area contributed by atoms with Crippen molar-refractivity contribution in [3.8, 4) is 0 Å². The van der Waals surface area contributed by atoms with Gasteiger partial charge in [-0.3, -0.25) is 16.3 Å². The molecule has 1 aromatic carbocycles. The average Bonchev–Trinajstić information content (AvgIpc) is 2.90.